The van der Waals surface area contributed by atoms with E-state index in [4.69, 9.17) is 14.2 Å². The van der Waals surface area contributed by atoms with Crippen molar-refractivity contribution in [2.75, 3.05) is 6.61 Å². The van der Waals surface area contributed by atoms with Crippen molar-refractivity contribution < 1.29 is 38.5 Å². The summed E-state index contributed by atoms with van der Waals surface area (Å²) in [6, 6.07) is 8.40. The van der Waals surface area contributed by atoms with Gasteiger partial charge in [0.15, 0.2) is 29.7 Å². The number of ether oxygens (including phenoxy) is 3. The summed E-state index contributed by atoms with van der Waals surface area (Å²) in [6.07, 6.45) is -3.19. The lowest BCUT2D eigenvalue weighted by Crippen LogP contribution is -2.42. The highest BCUT2D eigenvalue weighted by molar-refractivity contribution is 6.30. The van der Waals surface area contributed by atoms with Crippen molar-refractivity contribution in [2.24, 2.45) is 0 Å². The van der Waals surface area contributed by atoms with Gasteiger partial charge >= 0.3 is 11.9 Å². The average Bonchev–Trinajstić information content (AvgIpc) is 2.71. The second-order valence-corrected chi connectivity index (χ2v) is 6.93. The molecule has 2 aromatic rings. The first-order valence-corrected chi connectivity index (χ1v) is 9.40. The highest BCUT2D eigenvalue weighted by Gasteiger charge is 2.45. The Kier molecular flexibility index (Phi) is 4.97. The average molecular weight is 410 g/mol. The molecule has 30 heavy (non-hydrogen) atoms. The van der Waals surface area contributed by atoms with E-state index in [0.717, 1.165) is 0 Å². The minimum atomic E-state index is -1.79. The van der Waals surface area contributed by atoms with Crippen LogP contribution in [0.3, 0.4) is 0 Å². The smallest absolute Gasteiger partial charge is 0.335 e. The topological polar surface area (TPSA) is 116 Å². The fourth-order valence-electron chi connectivity index (χ4n) is 3.82. The number of esters is 2. The Balaban J connectivity index is 1.90. The van der Waals surface area contributed by atoms with Gasteiger partial charge in [-0.15, -0.1) is 0 Å². The van der Waals surface area contributed by atoms with E-state index in [1.807, 2.05) is 0 Å². The summed E-state index contributed by atoms with van der Waals surface area (Å²) in [5.41, 5.74) is -0.319. The second-order valence-electron chi connectivity index (χ2n) is 6.93. The number of aliphatic hydroxyl groups excluding tert-OH is 1. The van der Waals surface area contributed by atoms with Gasteiger partial charge in [-0.25, -0.2) is 4.79 Å². The van der Waals surface area contributed by atoms with Crippen LogP contribution in [0.15, 0.2) is 41.5 Å². The molecular weight excluding hydrogens is 392 g/mol. The lowest BCUT2D eigenvalue weighted by molar-refractivity contribution is -0.175. The lowest BCUT2D eigenvalue weighted by atomic mass is 9.79. The number of ketones is 2. The third-order valence-electron chi connectivity index (χ3n) is 5.04. The summed E-state index contributed by atoms with van der Waals surface area (Å²) in [5.74, 6) is -2.64. The van der Waals surface area contributed by atoms with E-state index in [1.165, 1.54) is 6.92 Å². The van der Waals surface area contributed by atoms with Crippen molar-refractivity contribution in [3.8, 4) is 5.75 Å². The van der Waals surface area contributed by atoms with E-state index < -0.39 is 35.9 Å². The number of benzene rings is 2. The number of carbonyl (C=O) groups excluding carboxylic acids is 4. The maximum atomic E-state index is 13.3. The number of fused-ring (bicyclic) bond motifs is 2. The molecule has 154 valence electrons. The van der Waals surface area contributed by atoms with Crippen molar-refractivity contribution in [2.45, 2.75) is 32.7 Å². The van der Waals surface area contributed by atoms with Crippen molar-refractivity contribution >= 4 is 34.3 Å². The number of carbonyl (C=O) groups is 4. The standard InChI is InChI=1S/C22H18O8/c1-3-28-21(26)15-9-14-17(22(27)30-15)19(25)16-13(18(14)24)8-11-6-4-5-7-12(11)20(16)29-10(2)23/h4-8,15,22,27H,3,9H2,1-2H3/t15-,22-/m1/s1. The molecule has 1 aliphatic heterocycles. The molecule has 0 unspecified atom stereocenters. The Morgan fingerprint density at radius 2 is 1.93 bits per heavy atom. The van der Waals surface area contributed by atoms with Crippen LogP contribution >= 0.6 is 0 Å². The molecule has 0 aromatic heterocycles. The largest absolute Gasteiger partial charge is 0.464 e. The molecule has 0 saturated carbocycles. The number of hydrogen-bond acceptors (Lipinski definition) is 8. The van der Waals surface area contributed by atoms with Crippen molar-refractivity contribution in [3.63, 3.8) is 0 Å². The van der Waals surface area contributed by atoms with Gasteiger partial charge in [0.1, 0.15) is 0 Å². The van der Waals surface area contributed by atoms with Crippen molar-refractivity contribution in [1.82, 2.24) is 0 Å². The minimum absolute atomic E-state index is 0.00615. The predicted octanol–water partition coefficient (Wildman–Crippen LogP) is 2.11. The lowest BCUT2D eigenvalue weighted by Gasteiger charge is -2.32. The highest BCUT2D eigenvalue weighted by Crippen LogP contribution is 2.42. The molecule has 8 heteroatoms. The molecule has 0 bridgehead atoms. The normalized spacial score (nSPS) is 20.6. The zero-order chi connectivity index (χ0) is 21.6. The molecule has 1 heterocycles. The fraction of sp³-hybridized carbons (Fsp3) is 0.273. The molecule has 2 aliphatic rings. The van der Waals surface area contributed by atoms with Gasteiger partial charge in [-0.3, -0.25) is 14.4 Å². The molecule has 0 radical (unpaired) electrons. The van der Waals surface area contributed by atoms with E-state index in [1.54, 1.807) is 37.3 Å². The van der Waals surface area contributed by atoms with Gasteiger partial charge in [-0.2, -0.15) is 0 Å². The van der Waals surface area contributed by atoms with E-state index in [2.05, 4.69) is 0 Å². The Labute approximate surface area is 171 Å². The molecule has 1 N–H and O–H groups in total. The summed E-state index contributed by atoms with van der Waals surface area (Å²) >= 11 is 0. The van der Waals surface area contributed by atoms with Gasteiger partial charge in [-0.1, -0.05) is 24.3 Å². The number of hydrogen-bond donors (Lipinski definition) is 1. The number of rotatable bonds is 3. The third-order valence-corrected chi connectivity index (χ3v) is 5.04. The Hall–Kier alpha value is -3.36. The molecule has 4 rings (SSSR count). The first-order valence-electron chi connectivity index (χ1n) is 9.40. The summed E-state index contributed by atoms with van der Waals surface area (Å²) in [7, 11) is 0. The first kappa shape index (κ1) is 19.9. The summed E-state index contributed by atoms with van der Waals surface area (Å²) < 4.78 is 15.5. The van der Waals surface area contributed by atoms with Crippen LogP contribution < -0.4 is 4.74 Å². The summed E-state index contributed by atoms with van der Waals surface area (Å²) in [5, 5.41) is 11.5. The van der Waals surface area contributed by atoms with Crippen LogP contribution in [0, 0.1) is 0 Å². The molecule has 2 atom stereocenters. The number of Topliss-reactive ketones (excluding diaryl/α,β-unsaturated/α-hetero) is 2. The Morgan fingerprint density at radius 3 is 2.63 bits per heavy atom. The minimum Gasteiger partial charge on any atom is -0.464 e. The maximum absolute atomic E-state index is 13.3. The van der Waals surface area contributed by atoms with E-state index in [9.17, 15) is 24.3 Å². The van der Waals surface area contributed by atoms with Crippen LogP contribution in [-0.2, 0) is 19.1 Å². The van der Waals surface area contributed by atoms with Gasteiger partial charge in [0.05, 0.1) is 17.7 Å². The number of aliphatic hydroxyl groups is 1. The van der Waals surface area contributed by atoms with Crippen LogP contribution in [0.4, 0.5) is 0 Å². The molecule has 1 aliphatic carbocycles. The molecule has 0 spiro atoms. The second kappa shape index (κ2) is 7.47. The van der Waals surface area contributed by atoms with Gasteiger partial charge in [0.2, 0.25) is 0 Å². The van der Waals surface area contributed by atoms with Crippen molar-refractivity contribution in [3.05, 3.63) is 52.6 Å². The predicted molar refractivity (Wildman–Crippen MR) is 103 cm³/mol. The highest BCUT2D eigenvalue weighted by atomic mass is 16.6. The van der Waals surface area contributed by atoms with Gasteiger partial charge in [0, 0.05) is 29.9 Å². The van der Waals surface area contributed by atoms with Crippen LogP contribution in [0.2, 0.25) is 0 Å². The zero-order valence-corrected chi connectivity index (χ0v) is 16.3. The van der Waals surface area contributed by atoms with Crippen LogP contribution in [0.1, 0.15) is 41.0 Å². The molecule has 0 fully saturated rings. The summed E-state index contributed by atoms with van der Waals surface area (Å²) in [4.78, 5) is 50.3. The molecule has 0 saturated heterocycles. The van der Waals surface area contributed by atoms with Gasteiger partial charge < -0.3 is 19.3 Å². The van der Waals surface area contributed by atoms with E-state index in [-0.39, 0.29) is 41.1 Å². The Morgan fingerprint density at radius 1 is 1.20 bits per heavy atom. The van der Waals surface area contributed by atoms with Crippen LogP contribution in [0.25, 0.3) is 10.8 Å². The van der Waals surface area contributed by atoms with Gasteiger partial charge in [0.25, 0.3) is 0 Å². The molecule has 0 amide bonds. The van der Waals surface area contributed by atoms with Gasteiger partial charge in [-0.05, 0) is 18.4 Å². The summed E-state index contributed by atoms with van der Waals surface area (Å²) in [6.45, 7) is 2.92. The van der Waals surface area contributed by atoms with Crippen LogP contribution in [0.5, 0.6) is 5.75 Å². The van der Waals surface area contributed by atoms with Crippen LogP contribution in [-0.4, -0.2) is 47.6 Å². The SMILES string of the molecule is CCOC(=O)[C@H]1CC2=C(C(=O)c3c(cc4ccccc4c3OC(C)=O)C2=O)[C@H](O)O1. The van der Waals surface area contributed by atoms with E-state index >= 15 is 0 Å². The quantitative estimate of drug-likeness (QED) is 0.604. The maximum Gasteiger partial charge on any atom is 0.335 e. The first-order chi connectivity index (χ1) is 14.3. The third kappa shape index (κ3) is 3.10. The van der Waals surface area contributed by atoms with E-state index in [0.29, 0.717) is 10.8 Å². The molecule has 2 aromatic carbocycles. The molecular formula is C22H18O8. The zero-order valence-electron chi connectivity index (χ0n) is 16.3. The fourth-order valence-corrected chi connectivity index (χ4v) is 3.82. The van der Waals surface area contributed by atoms with Crippen molar-refractivity contribution in [1.29, 1.82) is 0 Å². The molecule has 8 nitrogen and oxygen atoms in total. The monoisotopic (exact) mass is 410 g/mol. The Bertz CT molecular complexity index is 1140.